The van der Waals surface area contributed by atoms with Crippen LogP contribution in [-0.4, -0.2) is 18.5 Å². The summed E-state index contributed by atoms with van der Waals surface area (Å²) < 4.78 is 3.92. The second-order valence-electron chi connectivity index (χ2n) is 1.98. The first-order valence-electron chi connectivity index (χ1n) is 2.59. The van der Waals surface area contributed by atoms with E-state index < -0.39 is 0 Å². The quantitative estimate of drug-likeness (QED) is 0.632. The van der Waals surface area contributed by atoms with Crippen molar-refractivity contribution < 1.29 is 0 Å². The average Bonchev–Trinajstić information content (AvgIpc) is 2.14. The van der Waals surface area contributed by atoms with E-state index in [0.29, 0.717) is 5.82 Å². The minimum atomic E-state index is 0.601. The summed E-state index contributed by atoms with van der Waals surface area (Å²) in [5.74, 6) is 0.601. The Morgan fingerprint density at radius 3 is 2.56 bits per heavy atom. The fourth-order valence-corrected chi connectivity index (χ4v) is 1.08. The van der Waals surface area contributed by atoms with Gasteiger partial charge < -0.3 is 10.6 Å². The molecule has 3 nitrogen and oxygen atoms in total. The van der Waals surface area contributed by atoms with Crippen molar-refractivity contribution in [1.29, 1.82) is 0 Å². The first kappa shape index (κ1) is 6.35. The van der Waals surface area contributed by atoms with Gasteiger partial charge in [-0.1, -0.05) is 0 Å². The van der Waals surface area contributed by atoms with Crippen LogP contribution in [0, 0.1) is 0 Å². The van der Waals surface area contributed by atoms with Crippen LogP contribution in [0.15, 0.2) is 6.07 Å². The van der Waals surface area contributed by atoms with Crippen LogP contribution in [0.5, 0.6) is 0 Å². The van der Waals surface area contributed by atoms with Gasteiger partial charge >= 0.3 is 0 Å². The van der Waals surface area contributed by atoms with Crippen LogP contribution < -0.4 is 10.6 Å². The Hall–Kier alpha value is -0.770. The maximum absolute atomic E-state index is 5.39. The van der Waals surface area contributed by atoms with E-state index in [4.69, 9.17) is 5.73 Å². The van der Waals surface area contributed by atoms with E-state index in [1.165, 1.54) is 11.5 Å². The number of hydrogen-bond acceptors (Lipinski definition) is 4. The van der Waals surface area contributed by atoms with Gasteiger partial charge in [0.05, 0.1) is 0 Å². The highest BCUT2D eigenvalue weighted by molar-refractivity contribution is 7.10. The third-order valence-corrected chi connectivity index (χ3v) is 1.93. The van der Waals surface area contributed by atoms with Crippen LogP contribution in [0.25, 0.3) is 0 Å². The zero-order valence-corrected chi connectivity index (χ0v) is 6.27. The van der Waals surface area contributed by atoms with Gasteiger partial charge in [-0.2, -0.15) is 4.37 Å². The zero-order chi connectivity index (χ0) is 6.85. The first-order chi connectivity index (χ1) is 4.20. The van der Waals surface area contributed by atoms with E-state index in [9.17, 15) is 0 Å². The monoisotopic (exact) mass is 143 g/mol. The van der Waals surface area contributed by atoms with Gasteiger partial charge in [-0.05, 0) is 11.5 Å². The van der Waals surface area contributed by atoms with Gasteiger partial charge in [-0.15, -0.1) is 0 Å². The molecule has 4 heteroatoms. The molecule has 0 aliphatic heterocycles. The molecule has 0 saturated carbocycles. The third kappa shape index (κ3) is 1.32. The predicted octanol–water partition coefficient (Wildman–Crippen LogP) is 0.791. The highest BCUT2D eigenvalue weighted by Gasteiger charge is 1.97. The average molecular weight is 143 g/mol. The molecule has 0 spiro atoms. The minimum Gasteiger partial charge on any atom is -0.383 e. The molecule has 0 unspecified atom stereocenters. The molecule has 50 valence electrons. The molecule has 0 atom stereocenters. The maximum Gasteiger partial charge on any atom is 0.139 e. The first-order valence-corrected chi connectivity index (χ1v) is 3.37. The Morgan fingerprint density at radius 1 is 1.67 bits per heavy atom. The molecular formula is C5H9N3S. The normalized spacial score (nSPS) is 9.56. The van der Waals surface area contributed by atoms with Gasteiger partial charge in [-0.3, -0.25) is 0 Å². The summed E-state index contributed by atoms with van der Waals surface area (Å²) in [6, 6.07) is 1.85. The molecule has 0 amide bonds. The molecule has 0 radical (unpaired) electrons. The second-order valence-corrected chi connectivity index (χ2v) is 2.77. The molecule has 1 rings (SSSR count). The lowest BCUT2D eigenvalue weighted by molar-refractivity contribution is 1.16. The van der Waals surface area contributed by atoms with E-state index in [0.717, 1.165) is 5.00 Å². The highest BCUT2D eigenvalue weighted by Crippen LogP contribution is 2.19. The molecule has 2 N–H and O–H groups in total. The van der Waals surface area contributed by atoms with Gasteiger partial charge in [0.1, 0.15) is 10.8 Å². The Balaban J connectivity index is 2.85. The summed E-state index contributed by atoms with van der Waals surface area (Å²) in [5.41, 5.74) is 5.39. The summed E-state index contributed by atoms with van der Waals surface area (Å²) in [6.45, 7) is 0. The molecule has 0 saturated heterocycles. The Bertz CT molecular complexity index is 194. The summed E-state index contributed by atoms with van der Waals surface area (Å²) in [6.07, 6.45) is 0. The summed E-state index contributed by atoms with van der Waals surface area (Å²) in [7, 11) is 3.93. The lowest BCUT2D eigenvalue weighted by Gasteiger charge is -2.05. The lowest BCUT2D eigenvalue weighted by atomic mass is 10.6. The minimum absolute atomic E-state index is 0.601. The summed E-state index contributed by atoms with van der Waals surface area (Å²) in [5, 5.41) is 1.09. The predicted molar refractivity (Wildman–Crippen MR) is 40.9 cm³/mol. The maximum atomic E-state index is 5.39. The molecule has 0 bridgehead atoms. The molecular weight excluding hydrogens is 134 g/mol. The molecule has 0 aliphatic carbocycles. The van der Waals surface area contributed by atoms with Crippen molar-refractivity contribution in [2.45, 2.75) is 0 Å². The Labute approximate surface area is 58.3 Å². The zero-order valence-electron chi connectivity index (χ0n) is 5.46. The van der Waals surface area contributed by atoms with E-state index >= 15 is 0 Å². The van der Waals surface area contributed by atoms with Crippen molar-refractivity contribution >= 4 is 22.4 Å². The standard InChI is InChI=1S/C5H9N3S/c1-8(2)5-3-4(6)7-9-5/h3H,1-2H3,(H2,6,7). The second kappa shape index (κ2) is 2.23. The van der Waals surface area contributed by atoms with Gasteiger partial charge in [0.2, 0.25) is 0 Å². The van der Waals surface area contributed by atoms with Gasteiger partial charge in [0, 0.05) is 20.2 Å². The van der Waals surface area contributed by atoms with E-state index in [-0.39, 0.29) is 0 Å². The molecule has 0 fully saturated rings. The molecule has 1 aromatic rings. The lowest BCUT2D eigenvalue weighted by Crippen LogP contribution is -2.05. The van der Waals surface area contributed by atoms with Crippen LogP contribution in [0.4, 0.5) is 10.8 Å². The number of nitrogens with zero attached hydrogens (tertiary/aromatic N) is 2. The van der Waals surface area contributed by atoms with E-state index in [1.54, 1.807) is 0 Å². The summed E-state index contributed by atoms with van der Waals surface area (Å²) in [4.78, 5) is 1.98. The van der Waals surface area contributed by atoms with Crippen molar-refractivity contribution in [3.05, 3.63) is 6.07 Å². The molecule has 1 aromatic heterocycles. The molecule has 0 aromatic carbocycles. The van der Waals surface area contributed by atoms with Gasteiger partial charge in [-0.25, -0.2) is 0 Å². The Morgan fingerprint density at radius 2 is 2.33 bits per heavy atom. The van der Waals surface area contributed by atoms with Crippen LogP contribution in [0.1, 0.15) is 0 Å². The fourth-order valence-electron chi connectivity index (χ4n) is 0.489. The molecule has 0 aliphatic rings. The number of aromatic nitrogens is 1. The van der Waals surface area contributed by atoms with Crippen LogP contribution >= 0.6 is 11.5 Å². The van der Waals surface area contributed by atoms with Crippen LogP contribution in [0.3, 0.4) is 0 Å². The van der Waals surface area contributed by atoms with Crippen molar-refractivity contribution in [3.63, 3.8) is 0 Å². The van der Waals surface area contributed by atoms with E-state index in [1.807, 2.05) is 25.1 Å². The van der Waals surface area contributed by atoms with Crippen molar-refractivity contribution in [1.82, 2.24) is 4.37 Å². The number of nitrogen functional groups attached to an aromatic ring is 1. The number of anilines is 2. The van der Waals surface area contributed by atoms with Crippen molar-refractivity contribution in [2.75, 3.05) is 24.7 Å². The smallest absolute Gasteiger partial charge is 0.139 e. The fraction of sp³-hybridized carbons (Fsp3) is 0.400. The molecule has 9 heavy (non-hydrogen) atoms. The van der Waals surface area contributed by atoms with Crippen LogP contribution in [-0.2, 0) is 0 Å². The van der Waals surface area contributed by atoms with Gasteiger partial charge in [0.25, 0.3) is 0 Å². The Kier molecular flexibility index (Phi) is 1.57. The van der Waals surface area contributed by atoms with Crippen LogP contribution in [0.2, 0.25) is 0 Å². The number of nitrogens with two attached hydrogens (primary N) is 1. The topological polar surface area (TPSA) is 42.1 Å². The van der Waals surface area contributed by atoms with Gasteiger partial charge in [0.15, 0.2) is 0 Å². The SMILES string of the molecule is CN(C)c1cc(N)ns1. The number of rotatable bonds is 1. The highest BCUT2D eigenvalue weighted by atomic mass is 32.1. The third-order valence-electron chi connectivity index (χ3n) is 0.957. The van der Waals surface area contributed by atoms with E-state index in [2.05, 4.69) is 4.37 Å². The largest absolute Gasteiger partial charge is 0.383 e. The molecule has 1 heterocycles. The number of hydrogen-bond donors (Lipinski definition) is 1. The van der Waals surface area contributed by atoms with Crippen molar-refractivity contribution in [2.24, 2.45) is 0 Å². The summed E-state index contributed by atoms with van der Waals surface area (Å²) >= 11 is 1.41. The van der Waals surface area contributed by atoms with Crippen molar-refractivity contribution in [3.8, 4) is 0 Å².